The second-order valence-electron chi connectivity index (χ2n) is 4.51. The lowest BCUT2D eigenvalue weighted by Gasteiger charge is -2.40. The van der Waals surface area contributed by atoms with Crippen molar-refractivity contribution in [3.05, 3.63) is 0 Å². The van der Waals surface area contributed by atoms with Gasteiger partial charge < -0.3 is 30.7 Å². The Hall–Kier alpha value is -0.0900. The number of aliphatic hydroxyl groups excluding tert-OH is 3. The van der Waals surface area contributed by atoms with Crippen molar-refractivity contribution in [3.8, 4) is 0 Å². The van der Waals surface area contributed by atoms with E-state index in [1.54, 1.807) is 0 Å². The fraction of sp³-hybridized carbons (Fsp3) is 1.00. The Kier molecular flexibility index (Phi) is 5.87. The van der Waals surface area contributed by atoms with E-state index in [9.17, 15) is 19.7 Å². The van der Waals surface area contributed by atoms with E-state index in [1.807, 2.05) is 0 Å². The molecule has 0 radical (unpaired) electrons. The van der Waals surface area contributed by atoms with E-state index in [2.05, 4.69) is 4.52 Å². The van der Waals surface area contributed by atoms with Crippen LogP contribution in [0.15, 0.2) is 0 Å². The number of rotatable bonds is 5. The third-order valence-electron chi connectivity index (χ3n) is 2.51. The van der Waals surface area contributed by atoms with E-state index in [4.69, 9.17) is 20.1 Å². The first-order valence-corrected chi connectivity index (χ1v) is 7.25. The summed E-state index contributed by atoms with van der Waals surface area (Å²) in [6.07, 6.45) is -6.09. The number of ether oxygens (including phenoxy) is 1. The van der Waals surface area contributed by atoms with Crippen LogP contribution in [0.5, 0.6) is 0 Å². The highest BCUT2D eigenvalue weighted by Crippen LogP contribution is 2.47. The van der Waals surface area contributed by atoms with Gasteiger partial charge in [-0.1, -0.05) is 0 Å². The van der Waals surface area contributed by atoms with Crippen molar-refractivity contribution in [2.24, 2.45) is 5.73 Å². The van der Waals surface area contributed by atoms with E-state index < -0.39 is 51.2 Å². The third-order valence-corrected chi connectivity index (χ3v) is 3.67. The number of nitrogens with two attached hydrogens (primary N) is 1. The molecule has 1 fully saturated rings. The van der Waals surface area contributed by atoms with Crippen LogP contribution in [0.3, 0.4) is 0 Å². The van der Waals surface area contributed by atoms with E-state index >= 15 is 0 Å². The third kappa shape index (κ3) is 4.45. The maximum absolute atomic E-state index is 11.6. The molecule has 0 saturated carbocycles. The van der Waals surface area contributed by atoms with Gasteiger partial charge in [0.25, 0.3) is 0 Å². The molecule has 114 valence electrons. The molecule has 1 heterocycles. The molecule has 0 amide bonds. The molecular formula is C9H20NO8P. The summed E-state index contributed by atoms with van der Waals surface area (Å²) >= 11 is 0. The Balaban J connectivity index is 2.74. The van der Waals surface area contributed by atoms with Gasteiger partial charge in [-0.15, -0.1) is 0 Å². The predicted octanol–water partition coefficient (Wildman–Crippen LogP) is -1.71. The molecule has 6 atom stereocenters. The zero-order valence-corrected chi connectivity index (χ0v) is 11.5. The number of phosphoric ester groups is 1. The SMILES string of the molecule is CC(C)OP(=O)(O)OC1OC(CO)[C@H](O)[C@H](O)C1N. The largest absolute Gasteiger partial charge is 0.474 e. The summed E-state index contributed by atoms with van der Waals surface area (Å²) in [5.41, 5.74) is 5.54. The average molecular weight is 301 g/mol. The van der Waals surface area contributed by atoms with Crippen molar-refractivity contribution in [1.82, 2.24) is 0 Å². The molecule has 9 nitrogen and oxygen atoms in total. The van der Waals surface area contributed by atoms with Crippen LogP contribution >= 0.6 is 7.82 Å². The summed E-state index contributed by atoms with van der Waals surface area (Å²) in [5.74, 6) is 0. The van der Waals surface area contributed by atoms with Gasteiger partial charge in [0.1, 0.15) is 18.3 Å². The molecule has 0 aromatic carbocycles. The smallest absolute Gasteiger partial charge is 0.394 e. The molecule has 0 aromatic rings. The fourth-order valence-electron chi connectivity index (χ4n) is 1.62. The first-order valence-electron chi connectivity index (χ1n) is 5.75. The second-order valence-corrected chi connectivity index (χ2v) is 5.87. The van der Waals surface area contributed by atoms with Gasteiger partial charge in [0, 0.05) is 0 Å². The highest BCUT2D eigenvalue weighted by Gasteiger charge is 2.45. The predicted molar refractivity (Wildman–Crippen MR) is 62.9 cm³/mol. The summed E-state index contributed by atoms with van der Waals surface area (Å²) in [6, 6.07) is -1.26. The molecule has 0 aromatic heterocycles. The zero-order chi connectivity index (χ0) is 14.8. The van der Waals surface area contributed by atoms with Crippen molar-refractivity contribution in [2.75, 3.05) is 6.61 Å². The van der Waals surface area contributed by atoms with Gasteiger partial charge in [-0.2, -0.15) is 0 Å². The molecule has 0 aliphatic carbocycles. The maximum atomic E-state index is 11.6. The van der Waals surface area contributed by atoms with Crippen molar-refractivity contribution < 1.29 is 38.6 Å². The minimum atomic E-state index is -4.42. The molecule has 1 saturated heterocycles. The minimum Gasteiger partial charge on any atom is -0.394 e. The summed E-state index contributed by atoms with van der Waals surface area (Å²) in [5, 5.41) is 28.1. The Morgan fingerprint density at radius 2 is 1.95 bits per heavy atom. The molecular weight excluding hydrogens is 281 g/mol. The van der Waals surface area contributed by atoms with Gasteiger partial charge in [-0.3, -0.25) is 9.05 Å². The van der Waals surface area contributed by atoms with Crippen LogP contribution in [0.2, 0.25) is 0 Å². The summed E-state index contributed by atoms with van der Waals surface area (Å²) in [6.45, 7) is 2.46. The molecule has 6 N–H and O–H groups in total. The summed E-state index contributed by atoms with van der Waals surface area (Å²) in [4.78, 5) is 9.43. The van der Waals surface area contributed by atoms with Crippen LogP contribution in [0.25, 0.3) is 0 Å². The lowest BCUT2D eigenvalue weighted by molar-refractivity contribution is -0.243. The Labute approximate surface area is 110 Å². The lowest BCUT2D eigenvalue weighted by Crippen LogP contribution is -2.62. The fourth-order valence-corrected chi connectivity index (χ4v) is 2.66. The molecule has 0 bridgehead atoms. The molecule has 19 heavy (non-hydrogen) atoms. The first kappa shape index (κ1) is 17.0. The van der Waals surface area contributed by atoms with Gasteiger partial charge >= 0.3 is 7.82 Å². The Morgan fingerprint density at radius 1 is 1.37 bits per heavy atom. The van der Waals surface area contributed by atoms with Gasteiger partial charge in [-0.05, 0) is 13.8 Å². The molecule has 4 unspecified atom stereocenters. The molecule has 1 aliphatic rings. The number of phosphoric acid groups is 1. The van der Waals surface area contributed by atoms with Crippen LogP contribution in [0.1, 0.15) is 13.8 Å². The quantitative estimate of drug-likeness (QED) is 0.374. The van der Waals surface area contributed by atoms with Crippen LogP contribution in [0.4, 0.5) is 0 Å². The van der Waals surface area contributed by atoms with Crippen molar-refractivity contribution in [2.45, 2.75) is 50.6 Å². The monoisotopic (exact) mass is 301 g/mol. The van der Waals surface area contributed by atoms with Gasteiger partial charge in [0.05, 0.1) is 18.8 Å². The van der Waals surface area contributed by atoms with Gasteiger partial charge in [0.15, 0.2) is 6.29 Å². The standard InChI is InChI=1S/C9H20NO8P/c1-4(2)17-19(14,15)18-9-6(10)8(13)7(12)5(3-11)16-9/h4-9,11-13H,3,10H2,1-2H3,(H,14,15)/t5?,6?,7-,8+,9?/m0/s1. The van der Waals surface area contributed by atoms with Crippen molar-refractivity contribution in [1.29, 1.82) is 0 Å². The maximum Gasteiger partial charge on any atom is 0.474 e. The summed E-state index contributed by atoms with van der Waals surface area (Å²) in [7, 11) is -4.42. The molecule has 10 heteroatoms. The molecule has 1 aliphatic heterocycles. The van der Waals surface area contributed by atoms with E-state index in [0.29, 0.717) is 0 Å². The van der Waals surface area contributed by atoms with E-state index in [0.717, 1.165) is 0 Å². The highest BCUT2D eigenvalue weighted by molar-refractivity contribution is 7.47. The first-order chi connectivity index (χ1) is 8.68. The minimum absolute atomic E-state index is 0.570. The van der Waals surface area contributed by atoms with Gasteiger partial charge in [-0.25, -0.2) is 4.57 Å². The summed E-state index contributed by atoms with van der Waals surface area (Å²) < 4.78 is 26.0. The number of hydrogen-bond acceptors (Lipinski definition) is 8. The van der Waals surface area contributed by atoms with Crippen molar-refractivity contribution >= 4 is 7.82 Å². The highest BCUT2D eigenvalue weighted by atomic mass is 31.2. The van der Waals surface area contributed by atoms with Crippen LogP contribution < -0.4 is 5.73 Å². The molecule has 1 rings (SSSR count). The topological polar surface area (TPSA) is 152 Å². The lowest BCUT2D eigenvalue weighted by atomic mass is 9.98. The number of aliphatic hydroxyl groups is 3. The van der Waals surface area contributed by atoms with Crippen LogP contribution in [-0.4, -0.2) is 63.6 Å². The second kappa shape index (κ2) is 6.57. The Morgan fingerprint density at radius 3 is 2.42 bits per heavy atom. The Bertz CT molecular complexity index is 338. The van der Waals surface area contributed by atoms with Gasteiger partial charge in [0.2, 0.25) is 0 Å². The van der Waals surface area contributed by atoms with E-state index in [-0.39, 0.29) is 0 Å². The average Bonchev–Trinajstić information content (AvgIpc) is 2.28. The normalized spacial score (nSPS) is 39.3. The number of hydrogen-bond donors (Lipinski definition) is 5. The van der Waals surface area contributed by atoms with E-state index in [1.165, 1.54) is 13.8 Å². The zero-order valence-electron chi connectivity index (χ0n) is 10.6. The van der Waals surface area contributed by atoms with Crippen LogP contribution in [-0.2, 0) is 18.3 Å². The van der Waals surface area contributed by atoms with Crippen LogP contribution in [0, 0.1) is 0 Å². The van der Waals surface area contributed by atoms with Crippen molar-refractivity contribution in [3.63, 3.8) is 0 Å². The molecule has 0 spiro atoms.